The van der Waals surface area contributed by atoms with Gasteiger partial charge in [-0.25, -0.2) is 9.59 Å². The van der Waals surface area contributed by atoms with Crippen molar-refractivity contribution in [2.45, 2.75) is 19.4 Å². The number of nitrogens with zero attached hydrogens (tertiary/aromatic N) is 2. The molecule has 0 fully saturated rings. The molecule has 0 saturated heterocycles. The zero-order valence-corrected chi connectivity index (χ0v) is 13.7. The summed E-state index contributed by atoms with van der Waals surface area (Å²) in [5.41, 5.74) is -0.0460. The minimum atomic E-state index is -1.19. The minimum absolute atomic E-state index is 0.225. The molecule has 1 rings (SSSR count). The average molecular weight is 319 g/mol. The van der Waals surface area contributed by atoms with E-state index in [4.69, 9.17) is 11.2 Å². The van der Waals surface area contributed by atoms with Gasteiger partial charge in [0.25, 0.3) is 0 Å². The molecule has 0 bridgehead atoms. The summed E-state index contributed by atoms with van der Waals surface area (Å²) in [4.78, 5) is 25.5. The van der Waals surface area contributed by atoms with Gasteiger partial charge in [0.15, 0.2) is 0 Å². The van der Waals surface area contributed by atoms with Crippen molar-refractivity contribution < 1.29 is 19.4 Å². The van der Waals surface area contributed by atoms with Crippen LogP contribution in [0.5, 0.6) is 0 Å². The van der Waals surface area contributed by atoms with Crippen LogP contribution < -0.4 is 10.2 Å². The first kappa shape index (κ1) is 18.3. The fourth-order valence-corrected chi connectivity index (χ4v) is 1.49. The number of carbonyl (C=O) groups is 2. The monoisotopic (exact) mass is 319 g/mol. The number of carboxylic acid groups (broad SMARTS) is 1. The van der Waals surface area contributed by atoms with Gasteiger partial charge in [-0.3, -0.25) is 4.90 Å². The highest BCUT2D eigenvalue weighted by atomic mass is 16.5. The van der Waals surface area contributed by atoms with E-state index in [0.29, 0.717) is 11.4 Å². The second kappa shape index (κ2) is 7.51. The van der Waals surface area contributed by atoms with E-state index in [0.717, 1.165) is 4.90 Å². The van der Waals surface area contributed by atoms with Crippen LogP contribution in [0.2, 0.25) is 0 Å². The quantitative estimate of drug-likeness (QED) is 0.646. The normalized spacial score (nSPS) is 10.6. The Morgan fingerprint density at radius 1 is 1.39 bits per heavy atom. The Morgan fingerprint density at radius 3 is 2.57 bits per heavy atom. The maximum Gasteiger partial charge on any atom is 0.413 e. The Balaban J connectivity index is 2.94. The zero-order valence-electron chi connectivity index (χ0n) is 13.7. The first-order valence-electron chi connectivity index (χ1n) is 6.87. The summed E-state index contributed by atoms with van der Waals surface area (Å²) in [5, 5.41) is 12.0. The van der Waals surface area contributed by atoms with E-state index < -0.39 is 11.7 Å². The van der Waals surface area contributed by atoms with Crippen LogP contribution in [-0.4, -0.2) is 48.6 Å². The number of hydrogen-bond acceptors (Lipinski definition) is 3. The van der Waals surface area contributed by atoms with E-state index in [-0.39, 0.29) is 12.8 Å². The zero-order chi connectivity index (χ0) is 17.6. The van der Waals surface area contributed by atoms with Crippen molar-refractivity contribution in [3.8, 4) is 12.3 Å². The summed E-state index contributed by atoms with van der Waals surface area (Å²) >= 11 is 0. The Morgan fingerprint density at radius 2 is 2.04 bits per heavy atom. The minimum Gasteiger partial charge on any atom is -0.465 e. The third kappa shape index (κ3) is 5.52. The molecule has 0 spiro atoms. The van der Waals surface area contributed by atoms with Crippen molar-refractivity contribution >= 4 is 23.5 Å². The average Bonchev–Trinajstić information content (AvgIpc) is 2.47. The number of terminal acetylenes is 1. The van der Waals surface area contributed by atoms with E-state index in [1.807, 2.05) is 0 Å². The first-order chi connectivity index (χ1) is 10.7. The van der Waals surface area contributed by atoms with Gasteiger partial charge < -0.3 is 20.1 Å². The summed E-state index contributed by atoms with van der Waals surface area (Å²) in [7, 11) is 3.22. The molecule has 0 unspecified atom stereocenters. The molecule has 0 aliphatic heterocycles. The molecule has 0 saturated carbocycles. The van der Waals surface area contributed by atoms with Crippen LogP contribution in [0.3, 0.4) is 0 Å². The number of rotatable bonds is 5. The highest BCUT2D eigenvalue weighted by Gasteiger charge is 2.21. The summed E-state index contributed by atoms with van der Waals surface area (Å²) in [6.07, 6.45) is 4.14. The van der Waals surface area contributed by atoms with Gasteiger partial charge in [-0.05, 0) is 32.0 Å². The molecular formula is C16H21N3O4. The maximum atomic E-state index is 11.7. The summed E-state index contributed by atoms with van der Waals surface area (Å²) in [6.45, 7) is 3.11. The third-order valence-corrected chi connectivity index (χ3v) is 2.95. The number of anilines is 2. The second-order valence-electron chi connectivity index (χ2n) is 5.51. The molecule has 0 aliphatic rings. The van der Waals surface area contributed by atoms with Crippen LogP contribution in [-0.2, 0) is 4.74 Å². The molecule has 0 aliphatic carbocycles. The molecule has 0 radical (unpaired) electrons. The van der Waals surface area contributed by atoms with E-state index in [1.54, 1.807) is 52.2 Å². The lowest BCUT2D eigenvalue weighted by atomic mass is 10.1. The fraction of sp³-hybridized carbons (Fsp3) is 0.375. The lowest BCUT2D eigenvalue weighted by Gasteiger charge is -2.25. The van der Waals surface area contributed by atoms with Crippen LogP contribution >= 0.6 is 0 Å². The smallest absolute Gasteiger partial charge is 0.413 e. The maximum absolute atomic E-state index is 11.7. The van der Waals surface area contributed by atoms with Gasteiger partial charge in [-0.1, -0.05) is 12.0 Å². The molecule has 7 heteroatoms. The van der Waals surface area contributed by atoms with Crippen molar-refractivity contribution in [3.05, 3.63) is 24.3 Å². The topological polar surface area (TPSA) is 82.1 Å². The molecule has 3 amide bonds. The Hall–Kier alpha value is -2.72. The number of hydrogen-bond donors (Lipinski definition) is 2. The van der Waals surface area contributed by atoms with Crippen molar-refractivity contribution in [2.24, 2.45) is 0 Å². The SMILES string of the molecule is C#CC(C)(C)OCN(C(=O)O)c1cccc(NC(=O)N(C)C)c1. The molecule has 1 aromatic rings. The molecule has 0 heterocycles. The standard InChI is InChI=1S/C16H21N3O4/c1-6-16(2,3)23-11-19(15(21)22)13-9-7-8-12(10-13)17-14(20)18(4)5/h1,7-10H,11H2,2-5H3,(H,17,20)(H,21,22). The van der Waals surface area contributed by atoms with Gasteiger partial charge in [0.1, 0.15) is 12.3 Å². The van der Waals surface area contributed by atoms with Gasteiger partial charge in [0.2, 0.25) is 0 Å². The fourth-order valence-electron chi connectivity index (χ4n) is 1.49. The van der Waals surface area contributed by atoms with Crippen LogP contribution in [0.1, 0.15) is 13.8 Å². The van der Waals surface area contributed by atoms with Crippen molar-refractivity contribution in [1.82, 2.24) is 4.90 Å². The van der Waals surface area contributed by atoms with Gasteiger partial charge in [-0.2, -0.15) is 0 Å². The highest BCUT2D eigenvalue weighted by Crippen LogP contribution is 2.21. The van der Waals surface area contributed by atoms with Gasteiger partial charge in [0, 0.05) is 19.8 Å². The summed E-state index contributed by atoms with van der Waals surface area (Å²) in [5.74, 6) is 2.43. The lowest BCUT2D eigenvalue weighted by Crippen LogP contribution is -2.36. The largest absolute Gasteiger partial charge is 0.465 e. The number of amides is 3. The van der Waals surface area contributed by atoms with Gasteiger partial charge in [-0.15, -0.1) is 6.42 Å². The van der Waals surface area contributed by atoms with Crippen molar-refractivity contribution in [2.75, 3.05) is 31.0 Å². The van der Waals surface area contributed by atoms with Crippen molar-refractivity contribution in [3.63, 3.8) is 0 Å². The number of nitrogens with one attached hydrogen (secondary N) is 1. The van der Waals surface area contributed by atoms with E-state index >= 15 is 0 Å². The van der Waals surface area contributed by atoms with E-state index in [1.165, 1.54) is 4.90 Å². The van der Waals surface area contributed by atoms with Crippen molar-refractivity contribution in [1.29, 1.82) is 0 Å². The van der Waals surface area contributed by atoms with Gasteiger partial charge >= 0.3 is 12.1 Å². The molecule has 1 aromatic carbocycles. The third-order valence-electron chi connectivity index (χ3n) is 2.95. The number of benzene rings is 1. The Kier molecular flexibility index (Phi) is 5.99. The van der Waals surface area contributed by atoms with Crippen LogP contribution in [0.4, 0.5) is 21.0 Å². The van der Waals surface area contributed by atoms with E-state index in [9.17, 15) is 14.7 Å². The van der Waals surface area contributed by atoms with Gasteiger partial charge in [0.05, 0.1) is 5.69 Å². The van der Waals surface area contributed by atoms with E-state index in [2.05, 4.69) is 11.2 Å². The van der Waals surface area contributed by atoms with Crippen LogP contribution in [0.15, 0.2) is 24.3 Å². The predicted octanol–water partition coefficient (Wildman–Crippen LogP) is 2.65. The number of urea groups is 1. The first-order valence-corrected chi connectivity index (χ1v) is 6.87. The lowest BCUT2D eigenvalue weighted by molar-refractivity contribution is 0.0283. The van der Waals surface area contributed by atoms with Crippen LogP contribution in [0.25, 0.3) is 0 Å². The molecule has 2 N–H and O–H groups in total. The number of ether oxygens (including phenoxy) is 1. The second-order valence-corrected chi connectivity index (χ2v) is 5.51. The highest BCUT2D eigenvalue weighted by molar-refractivity contribution is 5.91. The number of carbonyl (C=O) groups excluding carboxylic acids is 1. The molecule has 0 aromatic heterocycles. The Labute approximate surface area is 135 Å². The Bertz CT molecular complexity index is 620. The predicted molar refractivity (Wildman–Crippen MR) is 88.5 cm³/mol. The summed E-state index contributed by atoms with van der Waals surface area (Å²) in [6, 6.07) is 6.14. The molecule has 23 heavy (non-hydrogen) atoms. The molecule has 0 atom stereocenters. The molecular weight excluding hydrogens is 298 g/mol. The molecule has 7 nitrogen and oxygen atoms in total. The van der Waals surface area contributed by atoms with Crippen LogP contribution in [0, 0.1) is 12.3 Å². The summed E-state index contributed by atoms with van der Waals surface area (Å²) < 4.78 is 5.43. The molecule has 124 valence electrons.